The summed E-state index contributed by atoms with van der Waals surface area (Å²) in [4.78, 5) is 16.3. The molecule has 0 bridgehead atoms. The first-order chi connectivity index (χ1) is 12.3. The quantitative estimate of drug-likeness (QED) is 0.925. The first-order valence-corrected chi connectivity index (χ1v) is 9.20. The number of ether oxygens (including phenoxy) is 1. The number of benzene rings is 1. The zero-order chi connectivity index (χ0) is 17.2. The third-order valence-electron chi connectivity index (χ3n) is 5.37. The first kappa shape index (κ1) is 16.3. The fourth-order valence-corrected chi connectivity index (χ4v) is 3.78. The maximum atomic E-state index is 11.8. The van der Waals surface area contributed by atoms with Gasteiger partial charge in [-0.2, -0.15) is 0 Å². The van der Waals surface area contributed by atoms with E-state index in [9.17, 15) is 4.79 Å². The minimum Gasteiger partial charge on any atom is -0.380 e. The fourth-order valence-electron chi connectivity index (χ4n) is 3.78. The number of hydrogen-bond donors (Lipinski definition) is 1. The summed E-state index contributed by atoms with van der Waals surface area (Å²) in [7, 11) is 0. The van der Waals surface area contributed by atoms with E-state index >= 15 is 0 Å². The Morgan fingerprint density at radius 2 is 2.04 bits per heavy atom. The lowest BCUT2D eigenvalue weighted by atomic mass is 9.84. The van der Waals surface area contributed by atoms with Crippen molar-refractivity contribution in [3.8, 4) is 11.1 Å². The largest absolute Gasteiger partial charge is 0.380 e. The molecule has 2 heterocycles. The second kappa shape index (κ2) is 6.96. The van der Waals surface area contributed by atoms with Crippen molar-refractivity contribution in [3.05, 3.63) is 53.3 Å². The van der Waals surface area contributed by atoms with Crippen LogP contribution in [0.25, 0.3) is 11.1 Å². The number of nitrogens with zero attached hydrogens (tertiary/aromatic N) is 1. The lowest BCUT2D eigenvalue weighted by molar-refractivity contribution is -0.121. The van der Waals surface area contributed by atoms with Crippen LogP contribution in [0.4, 0.5) is 0 Å². The number of amides is 1. The molecular weight excluding hydrogens is 312 g/mol. The van der Waals surface area contributed by atoms with Crippen LogP contribution >= 0.6 is 0 Å². The molecule has 2 aliphatic rings. The number of carbonyl (C=O) groups excluding carboxylic acids is 1. The SMILES string of the molecule is CCC(=O)NC1CCCc2c(-c3ccc(C4COC4)cc3)cncc21. The monoisotopic (exact) mass is 336 g/mol. The molecule has 1 aromatic heterocycles. The van der Waals surface area contributed by atoms with Gasteiger partial charge >= 0.3 is 0 Å². The molecule has 2 aromatic rings. The lowest BCUT2D eigenvalue weighted by Gasteiger charge is -2.28. The Morgan fingerprint density at radius 1 is 1.24 bits per heavy atom. The van der Waals surface area contributed by atoms with Crippen LogP contribution in [0.15, 0.2) is 36.7 Å². The molecule has 4 heteroatoms. The standard InChI is InChI=1S/C21H24N2O2/c1-2-21(24)23-20-5-3-4-17-18(10-22-11-19(17)20)15-8-6-14(7-9-15)16-12-25-13-16/h6-11,16,20H,2-5,12-13H2,1H3,(H,23,24). The van der Waals surface area contributed by atoms with Gasteiger partial charge in [0.15, 0.2) is 0 Å². The Balaban J connectivity index is 1.64. The van der Waals surface area contributed by atoms with E-state index in [2.05, 4.69) is 34.6 Å². The smallest absolute Gasteiger partial charge is 0.220 e. The van der Waals surface area contributed by atoms with Gasteiger partial charge in [0.1, 0.15) is 0 Å². The molecule has 1 aliphatic heterocycles. The van der Waals surface area contributed by atoms with Crippen LogP contribution in [0.2, 0.25) is 0 Å². The van der Waals surface area contributed by atoms with Gasteiger partial charge in [0.2, 0.25) is 5.91 Å². The van der Waals surface area contributed by atoms with E-state index in [-0.39, 0.29) is 11.9 Å². The van der Waals surface area contributed by atoms with E-state index in [1.807, 2.05) is 19.3 Å². The van der Waals surface area contributed by atoms with Crippen molar-refractivity contribution in [2.75, 3.05) is 13.2 Å². The van der Waals surface area contributed by atoms with Crippen molar-refractivity contribution in [1.82, 2.24) is 10.3 Å². The van der Waals surface area contributed by atoms with Crippen LogP contribution in [0.1, 0.15) is 54.8 Å². The van der Waals surface area contributed by atoms with Gasteiger partial charge < -0.3 is 10.1 Å². The third kappa shape index (κ3) is 3.19. The minimum absolute atomic E-state index is 0.0926. The van der Waals surface area contributed by atoms with E-state index in [1.54, 1.807) is 0 Å². The van der Waals surface area contributed by atoms with Gasteiger partial charge in [-0.05, 0) is 41.5 Å². The van der Waals surface area contributed by atoms with E-state index in [4.69, 9.17) is 4.74 Å². The summed E-state index contributed by atoms with van der Waals surface area (Å²) in [6, 6.07) is 8.90. The van der Waals surface area contributed by atoms with Crippen LogP contribution in [-0.4, -0.2) is 24.1 Å². The van der Waals surface area contributed by atoms with Gasteiger partial charge in [-0.1, -0.05) is 31.2 Å². The predicted octanol–water partition coefficient (Wildman–Crippen LogP) is 3.77. The molecule has 1 unspecified atom stereocenters. The Kier molecular flexibility index (Phi) is 4.53. The molecule has 0 spiro atoms. The average Bonchev–Trinajstić information content (AvgIpc) is 2.61. The van der Waals surface area contributed by atoms with E-state index < -0.39 is 0 Å². The van der Waals surface area contributed by atoms with Crippen molar-refractivity contribution in [2.24, 2.45) is 0 Å². The molecule has 1 aromatic carbocycles. The second-order valence-corrected chi connectivity index (χ2v) is 6.98. The molecule has 1 amide bonds. The fraction of sp³-hybridized carbons (Fsp3) is 0.429. The number of rotatable bonds is 4. The van der Waals surface area contributed by atoms with Crippen molar-refractivity contribution in [3.63, 3.8) is 0 Å². The molecule has 0 saturated carbocycles. The molecule has 1 N–H and O–H groups in total. The highest BCUT2D eigenvalue weighted by Crippen LogP contribution is 2.36. The van der Waals surface area contributed by atoms with E-state index in [0.717, 1.165) is 32.5 Å². The summed E-state index contributed by atoms with van der Waals surface area (Å²) in [6.45, 7) is 3.56. The summed E-state index contributed by atoms with van der Waals surface area (Å²) in [5.74, 6) is 0.654. The lowest BCUT2D eigenvalue weighted by Crippen LogP contribution is -2.30. The van der Waals surface area contributed by atoms with Gasteiger partial charge in [0.25, 0.3) is 0 Å². The van der Waals surface area contributed by atoms with Crippen LogP contribution in [0, 0.1) is 0 Å². The minimum atomic E-state index is 0.0926. The highest BCUT2D eigenvalue weighted by Gasteiger charge is 2.25. The maximum Gasteiger partial charge on any atom is 0.220 e. The predicted molar refractivity (Wildman–Crippen MR) is 97.3 cm³/mol. The summed E-state index contributed by atoms with van der Waals surface area (Å²) < 4.78 is 5.29. The molecule has 0 radical (unpaired) electrons. The van der Waals surface area contributed by atoms with Crippen molar-refractivity contribution < 1.29 is 9.53 Å². The Morgan fingerprint density at radius 3 is 2.72 bits per heavy atom. The van der Waals surface area contributed by atoms with E-state index in [0.29, 0.717) is 12.3 Å². The first-order valence-electron chi connectivity index (χ1n) is 9.20. The van der Waals surface area contributed by atoms with Gasteiger partial charge in [-0.3, -0.25) is 9.78 Å². The van der Waals surface area contributed by atoms with Crippen LogP contribution < -0.4 is 5.32 Å². The summed E-state index contributed by atoms with van der Waals surface area (Å²) in [5, 5.41) is 3.15. The van der Waals surface area contributed by atoms with Gasteiger partial charge in [0.05, 0.1) is 19.3 Å². The molecule has 1 fully saturated rings. The van der Waals surface area contributed by atoms with Gasteiger partial charge in [-0.15, -0.1) is 0 Å². The average molecular weight is 336 g/mol. The van der Waals surface area contributed by atoms with E-state index in [1.165, 1.54) is 27.8 Å². The van der Waals surface area contributed by atoms with Gasteiger partial charge in [0, 0.05) is 30.3 Å². The second-order valence-electron chi connectivity index (χ2n) is 6.98. The molecule has 4 rings (SSSR count). The molecule has 4 nitrogen and oxygen atoms in total. The normalized spacial score (nSPS) is 19.8. The number of aromatic nitrogens is 1. The number of fused-ring (bicyclic) bond motifs is 1. The molecule has 25 heavy (non-hydrogen) atoms. The molecule has 1 atom stereocenters. The summed E-state index contributed by atoms with van der Waals surface area (Å²) in [5.41, 5.74) is 6.27. The number of hydrogen-bond acceptors (Lipinski definition) is 3. The number of nitrogens with one attached hydrogen (secondary N) is 1. The molecular formula is C21H24N2O2. The topological polar surface area (TPSA) is 51.2 Å². The molecule has 1 saturated heterocycles. The third-order valence-corrected chi connectivity index (χ3v) is 5.37. The highest BCUT2D eigenvalue weighted by atomic mass is 16.5. The number of carbonyl (C=O) groups is 1. The van der Waals surface area contributed by atoms with Crippen molar-refractivity contribution >= 4 is 5.91 Å². The van der Waals surface area contributed by atoms with Gasteiger partial charge in [-0.25, -0.2) is 0 Å². The Hall–Kier alpha value is -2.20. The summed E-state index contributed by atoms with van der Waals surface area (Å²) >= 11 is 0. The van der Waals surface area contributed by atoms with Crippen LogP contribution in [0.5, 0.6) is 0 Å². The Labute approximate surface area is 148 Å². The number of pyridine rings is 1. The zero-order valence-corrected chi connectivity index (χ0v) is 14.6. The zero-order valence-electron chi connectivity index (χ0n) is 14.6. The Bertz CT molecular complexity index is 766. The molecule has 1 aliphatic carbocycles. The maximum absolute atomic E-state index is 11.8. The molecule has 130 valence electrons. The van der Waals surface area contributed by atoms with Crippen LogP contribution in [0.3, 0.4) is 0 Å². The van der Waals surface area contributed by atoms with Crippen molar-refractivity contribution in [1.29, 1.82) is 0 Å². The van der Waals surface area contributed by atoms with Crippen molar-refractivity contribution in [2.45, 2.75) is 44.6 Å². The summed E-state index contributed by atoms with van der Waals surface area (Å²) in [6.07, 6.45) is 7.54. The highest BCUT2D eigenvalue weighted by molar-refractivity contribution is 5.76. The van der Waals surface area contributed by atoms with Crippen LogP contribution in [-0.2, 0) is 16.0 Å².